The first-order valence-electron chi connectivity index (χ1n) is 37.0. The summed E-state index contributed by atoms with van der Waals surface area (Å²) in [6.07, 6.45) is 72.1. The van der Waals surface area contributed by atoms with Gasteiger partial charge in [-0.15, -0.1) is 0 Å². The van der Waals surface area contributed by atoms with Crippen LogP contribution in [0.4, 0.5) is 0 Å². The Hall–Kier alpha value is -1.93. The van der Waals surface area contributed by atoms with Gasteiger partial charge in [-0.25, -0.2) is 0 Å². The maximum absolute atomic E-state index is 13.3. The van der Waals surface area contributed by atoms with Crippen molar-refractivity contribution in [1.82, 2.24) is 5.32 Å². The Balaban J connectivity index is 2.19. The lowest BCUT2D eigenvalue weighted by Gasteiger charge is -2.40. The average Bonchev–Trinajstić information content (AvgIpc) is 2.92. The Morgan fingerprint density at radius 1 is 0.395 bits per heavy atom. The van der Waals surface area contributed by atoms with Crippen molar-refractivity contribution in [3.05, 3.63) is 48.6 Å². The van der Waals surface area contributed by atoms with Crippen LogP contribution >= 0.6 is 0 Å². The Morgan fingerprint density at radius 3 is 1.03 bits per heavy atom. The number of aliphatic hydroxyl groups is 7. The summed E-state index contributed by atoms with van der Waals surface area (Å²) in [5.74, 6) is -0.708. The standard InChI is InChI=1S/C75H141NO10/c1-3-5-7-9-11-13-15-17-19-21-23-25-27-29-30-31-32-33-34-35-36-37-39-41-43-45-47-49-51-53-55-57-59-61-63-68(79)74(84)76-66(65-85-75-73(83)72(82)71(81)69(64-77)86-75)70(80)67(78)62-60-58-56-54-52-50-48-46-44-42-40-38-28-26-24-22-20-18-16-14-12-10-8-6-4-2/h31-32,38,40,46,48,54,56,66-73,75,77-83H,3-30,33-37,39,41-45,47,49-53,55,57-65H2,1-2H3,(H,76,84)/b32-31-,40-38+,48-46+,56-54+. The number of hydrogen-bond donors (Lipinski definition) is 8. The molecule has 0 saturated carbocycles. The first-order valence-corrected chi connectivity index (χ1v) is 37.0. The van der Waals surface area contributed by atoms with Crippen LogP contribution in [0.3, 0.4) is 0 Å². The van der Waals surface area contributed by atoms with E-state index in [-0.39, 0.29) is 12.8 Å². The summed E-state index contributed by atoms with van der Waals surface area (Å²) in [7, 11) is 0. The van der Waals surface area contributed by atoms with E-state index in [4.69, 9.17) is 9.47 Å². The zero-order chi connectivity index (χ0) is 62.4. The summed E-state index contributed by atoms with van der Waals surface area (Å²) in [6.45, 7) is 3.49. The van der Waals surface area contributed by atoms with E-state index in [9.17, 15) is 40.5 Å². The van der Waals surface area contributed by atoms with Gasteiger partial charge >= 0.3 is 0 Å². The fraction of sp³-hybridized carbons (Fsp3) is 0.880. The molecule has 0 aromatic rings. The van der Waals surface area contributed by atoms with Crippen molar-refractivity contribution in [3.63, 3.8) is 0 Å². The number of carbonyl (C=O) groups excluding carboxylic acids is 1. The van der Waals surface area contributed by atoms with Gasteiger partial charge in [0.15, 0.2) is 6.29 Å². The van der Waals surface area contributed by atoms with Gasteiger partial charge in [0.2, 0.25) is 5.91 Å². The third kappa shape index (κ3) is 49.8. The van der Waals surface area contributed by atoms with Gasteiger partial charge in [-0.05, 0) is 89.9 Å². The zero-order valence-electron chi connectivity index (χ0n) is 56.1. The van der Waals surface area contributed by atoms with E-state index in [0.29, 0.717) is 19.3 Å². The van der Waals surface area contributed by atoms with E-state index < -0.39 is 74.2 Å². The zero-order valence-corrected chi connectivity index (χ0v) is 56.1. The van der Waals surface area contributed by atoms with Crippen LogP contribution in [0.25, 0.3) is 0 Å². The highest BCUT2D eigenvalue weighted by Crippen LogP contribution is 2.24. The van der Waals surface area contributed by atoms with Crippen LogP contribution in [0.5, 0.6) is 0 Å². The molecular formula is C75H141NO10. The Bertz CT molecular complexity index is 1540. The van der Waals surface area contributed by atoms with Crippen LogP contribution in [0.1, 0.15) is 354 Å². The molecular weight excluding hydrogens is 1070 g/mol. The third-order valence-electron chi connectivity index (χ3n) is 17.8. The molecule has 1 rings (SSSR count). The molecule has 1 aliphatic rings. The number of allylic oxidation sites excluding steroid dienone is 8. The van der Waals surface area contributed by atoms with Crippen molar-refractivity contribution in [2.45, 2.75) is 409 Å². The van der Waals surface area contributed by atoms with Gasteiger partial charge in [0, 0.05) is 0 Å². The van der Waals surface area contributed by atoms with Gasteiger partial charge in [0.1, 0.15) is 36.6 Å². The molecule has 11 heteroatoms. The minimum Gasteiger partial charge on any atom is -0.394 e. The monoisotopic (exact) mass is 1220 g/mol. The van der Waals surface area contributed by atoms with E-state index in [1.165, 1.54) is 263 Å². The molecule has 1 heterocycles. The van der Waals surface area contributed by atoms with Gasteiger partial charge < -0.3 is 50.5 Å². The summed E-state index contributed by atoms with van der Waals surface area (Å²) < 4.78 is 11.2. The summed E-state index contributed by atoms with van der Waals surface area (Å²) in [5.41, 5.74) is 0. The summed E-state index contributed by atoms with van der Waals surface area (Å²) in [4.78, 5) is 13.3. The average molecular weight is 1220 g/mol. The minimum absolute atomic E-state index is 0.242. The summed E-state index contributed by atoms with van der Waals surface area (Å²) >= 11 is 0. The third-order valence-corrected chi connectivity index (χ3v) is 17.8. The molecule has 1 fully saturated rings. The van der Waals surface area contributed by atoms with Crippen molar-refractivity contribution in [2.75, 3.05) is 13.2 Å². The molecule has 1 saturated heterocycles. The molecule has 0 aromatic carbocycles. The molecule has 1 aliphatic heterocycles. The quantitative estimate of drug-likeness (QED) is 0.0215. The first kappa shape index (κ1) is 82.1. The number of nitrogens with one attached hydrogen (secondary N) is 1. The van der Waals surface area contributed by atoms with Crippen molar-refractivity contribution in [3.8, 4) is 0 Å². The summed E-state index contributed by atoms with van der Waals surface area (Å²) in [6, 6.07) is -1.20. The maximum atomic E-state index is 13.3. The number of amides is 1. The first-order chi connectivity index (χ1) is 42.2. The lowest BCUT2D eigenvalue weighted by molar-refractivity contribution is -0.303. The Morgan fingerprint density at radius 2 is 0.698 bits per heavy atom. The largest absolute Gasteiger partial charge is 0.394 e. The van der Waals surface area contributed by atoms with E-state index in [2.05, 4.69) is 67.8 Å². The predicted molar refractivity (Wildman–Crippen MR) is 362 cm³/mol. The second-order valence-corrected chi connectivity index (χ2v) is 26.0. The van der Waals surface area contributed by atoms with Crippen LogP contribution in [0.2, 0.25) is 0 Å². The summed E-state index contributed by atoms with van der Waals surface area (Å²) in [5, 5.41) is 76.5. The lowest BCUT2D eigenvalue weighted by Crippen LogP contribution is -2.60. The van der Waals surface area contributed by atoms with E-state index in [1.807, 2.05) is 0 Å². The molecule has 9 unspecified atom stereocenters. The molecule has 1 amide bonds. The van der Waals surface area contributed by atoms with E-state index in [1.54, 1.807) is 0 Å². The number of rotatable bonds is 65. The number of carbonyl (C=O) groups is 1. The van der Waals surface area contributed by atoms with Crippen molar-refractivity contribution < 1.29 is 50.0 Å². The molecule has 506 valence electrons. The smallest absolute Gasteiger partial charge is 0.249 e. The van der Waals surface area contributed by atoms with Gasteiger partial charge in [0.05, 0.1) is 25.4 Å². The number of ether oxygens (including phenoxy) is 2. The molecule has 0 bridgehead atoms. The molecule has 9 atom stereocenters. The molecule has 8 N–H and O–H groups in total. The minimum atomic E-state index is -1.67. The topological polar surface area (TPSA) is 189 Å². The molecule has 11 nitrogen and oxygen atoms in total. The second kappa shape index (κ2) is 63.2. The SMILES string of the molecule is CCCCCCCCCCCCCC/C=C/CC/C=C/CC/C=C/CCCC(O)C(O)C(COC1OC(CO)C(O)C(O)C1O)NC(=O)C(O)CCCCCCCCCCCCCCCCCC/C=C\CCCCCCCCCCCCCCCC. The Labute approximate surface area is 529 Å². The van der Waals surface area contributed by atoms with Gasteiger partial charge in [0.25, 0.3) is 0 Å². The highest BCUT2D eigenvalue weighted by atomic mass is 16.7. The van der Waals surface area contributed by atoms with Crippen LogP contribution < -0.4 is 5.32 Å². The van der Waals surface area contributed by atoms with E-state index in [0.717, 1.165) is 44.9 Å². The van der Waals surface area contributed by atoms with Gasteiger partial charge in [-0.2, -0.15) is 0 Å². The molecule has 0 spiro atoms. The van der Waals surface area contributed by atoms with Crippen LogP contribution in [0.15, 0.2) is 48.6 Å². The molecule has 0 aromatic heterocycles. The lowest BCUT2D eigenvalue weighted by atomic mass is 9.98. The van der Waals surface area contributed by atoms with Crippen LogP contribution in [0, 0.1) is 0 Å². The van der Waals surface area contributed by atoms with Crippen molar-refractivity contribution in [2.24, 2.45) is 0 Å². The molecule has 0 aliphatic carbocycles. The second-order valence-electron chi connectivity index (χ2n) is 26.0. The maximum Gasteiger partial charge on any atom is 0.249 e. The normalized spacial score (nSPS) is 19.0. The molecule has 0 radical (unpaired) electrons. The predicted octanol–water partition coefficient (Wildman–Crippen LogP) is 18.3. The number of aliphatic hydroxyl groups excluding tert-OH is 7. The van der Waals surface area contributed by atoms with Crippen molar-refractivity contribution in [1.29, 1.82) is 0 Å². The fourth-order valence-electron chi connectivity index (χ4n) is 11.9. The van der Waals surface area contributed by atoms with Gasteiger partial charge in [-0.1, -0.05) is 313 Å². The highest BCUT2D eigenvalue weighted by Gasteiger charge is 2.44. The van der Waals surface area contributed by atoms with E-state index >= 15 is 0 Å². The van der Waals surface area contributed by atoms with Crippen LogP contribution in [-0.2, 0) is 14.3 Å². The molecule has 86 heavy (non-hydrogen) atoms. The number of hydrogen-bond acceptors (Lipinski definition) is 10. The number of unbranched alkanes of at least 4 members (excludes halogenated alkanes) is 45. The Kier molecular flexibility index (Phi) is 60.3. The van der Waals surface area contributed by atoms with Crippen molar-refractivity contribution >= 4 is 5.91 Å². The van der Waals surface area contributed by atoms with Gasteiger partial charge in [-0.3, -0.25) is 4.79 Å². The highest BCUT2D eigenvalue weighted by molar-refractivity contribution is 5.80. The fourth-order valence-corrected chi connectivity index (χ4v) is 11.9. The van der Waals surface area contributed by atoms with Crippen LogP contribution in [-0.4, -0.2) is 110 Å².